The molecule has 0 aromatic carbocycles. The number of imidazole rings is 1. The molecule has 0 spiro atoms. The predicted molar refractivity (Wildman–Crippen MR) is 62.3 cm³/mol. The van der Waals surface area contributed by atoms with Crippen molar-refractivity contribution in [3.8, 4) is 6.07 Å². The van der Waals surface area contributed by atoms with Crippen molar-refractivity contribution in [3.05, 3.63) is 22.9 Å². The van der Waals surface area contributed by atoms with E-state index in [1.165, 1.54) is 4.57 Å². The van der Waals surface area contributed by atoms with Crippen molar-refractivity contribution in [1.29, 1.82) is 5.26 Å². The van der Waals surface area contributed by atoms with Gasteiger partial charge in [-0.25, -0.2) is 4.79 Å². The van der Waals surface area contributed by atoms with E-state index in [0.29, 0.717) is 6.54 Å². The summed E-state index contributed by atoms with van der Waals surface area (Å²) < 4.78 is 2.91. The Morgan fingerprint density at radius 1 is 1.53 bits per heavy atom. The third-order valence-corrected chi connectivity index (χ3v) is 2.30. The molecule has 0 aliphatic rings. The number of hydrogen-bond donors (Lipinski definition) is 1. The fourth-order valence-electron chi connectivity index (χ4n) is 1.41. The maximum absolute atomic E-state index is 11.8. The van der Waals surface area contributed by atoms with Crippen LogP contribution in [-0.2, 0) is 11.3 Å². The van der Waals surface area contributed by atoms with E-state index in [4.69, 9.17) is 5.26 Å². The zero-order valence-corrected chi connectivity index (χ0v) is 10.0. The topological polar surface area (TPSA) is 79.8 Å². The van der Waals surface area contributed by atoms with Gasteiger partial charge in [-0.2, -0.15) is 5.26 Å². The Hall–Kier alpha value is -2.03. The predicted octanol–water partition coefficient (Wildman–Crippen LogP) is 0.261. The Kier molecular flexibility index (Phi) is 4.52. The highest BCUT2D eigenvalue weighted by Gasteiger charge is 2.08. The van der Waals surface area contributed by atoms with Crippen molar-refractivity contribution in [2.24, 2.45) is 0 Å². The third-order valence-electron chi connectivity index (χ3n) is 2.30. The van der Waals surface area contributed by atoms with Crippen molar-refractivity contribution in [3.63, 3.8) is 0 Å². The van der Waals surface area contributed by atoms with E-state index in [9.17, 15) is 9.59 Å². The molecule has 17 heavy (non-hydrogen) atoms. The number of carbonyl (C=O) groups excluding carboxylic acids is 1. The maximum Gasteiger partial charge on any atom is 0.328 e. The quantitative estimate of drug-likeness (QED) is 0.745. The molecule has 1 aromatic heterocycles. The molecule has 6 nitrogen and oxygen atoms in total. The highest BCUT2D eigenvalue weighted by atomic mass is 16.2. The van der Waals surface area contributed by atoms with Crippen LogP contribution < -0.4 is 11.0 Å². The molecule has 0 radical (unpaired) electrons. The molecule has 1 heterocycles. The summed E-state index contributed by atoms with van der Waals surface area (Å²) in [5.41, 5.74) is -0.199. The summed E-state index contributed by atoms with van der Waals surface area (Å²) in [4.78, 5) is 23.2. The van der Waals surface area contributed by atoms with Crippen LogP contribution in [0.3, 0.4) is 0 Å². The van der Waals surface area contributed by atoms with E-state index in [-0.39, 0.29) is 30.6 Å². The lowest BCUT2D eigenvalue weighted by Crippen LogP contribution is -2.33. The van der Waals surface area contributed by atoms with Crippen molar-refractivity contribution < 1.29 is 4.79 Å². The number of carbonyl (C=O) groups is 1. The van der Waals surface area contributed by atoms with Crippen molar-refractivity contribution in [2.75, 3.05) is 6.54 Å². The van der Waals surface area contributed by atoms with Gasteiger partial charge in [-0.1, -0.05) is 0 Å². The van der Waals surface area contributed by atoms with Gasteiger partial charge in [0, 0.05) is 25.0 Å². The Labute approximate surface area is 99.5 Å². The molecular formula is C11H16N4O2. The molecule has 0 atom stereocenters. The first-order chi connectivity index (χ1) is 8.06. The summed E-state index contributed by atoms with van der Waals surface area (Å²) in [6.07, 6.45) is 3.52. The van der Waals surface area contributed by atoms with Crippen LogP contribution in [0, 0.1) is 11.3 Å². The lowest BCUT2D eigenvalue weighted by molar-refractivity contribution is -0.121. The first kappa shape index (κ1) is 13.0. The van der Waals surface area contributed by atoms with Crippen LogP contribution in [0.2, 0.25) is 0 Å². The van der Waals surface area contributed by atoms with Gasteiger partial charge in [-0.05, 0) is 13.8 Å². The summed E-state index contributed by atoms with van der Waals surface area (Å²) in [5, 5.41) is 10.9. The summed E-state index contributed by atoms with van der Waals surface area (Å²) in [6.45, 7) is 4.11. The number of rotatable bonds is 5. The van der Waals surface area contributed by atoms with Crippen LogP contribution in [-0.4, -0.2) is 21.6 Å². The van der Waals surface area contributed by atoms with Gasteiger partial charge in [-0.3, -0.25) is 13.9 Å². The fourth-order valence-corrected chi connectivity index (χ4v) is 1.41. The third kappa shape index (κ3) is 3.48. The second-order valence-corrected chi connectivity index (χ2v) is 3.97. The number of amides is 1. The fraction of sp³-hybridized carbons (Fsp3) is 0.545. The summed E-state index contributed by atoms with van der Waals surface area (Å²) in [7, 11) is 0. The Balaban J connectivity index is 2.61. The van der Waals surface area contributed by atoms with Gasteiger partial charge in [0.25, 0.3) is 0 Å². The minimum absolute atomic E-state index is 0.00994. The second kappa shape index (κ2) is 5.89. The Morgan fingerprint density at radius 2 is 2.24 bits per heavy atom. The molecule has 0 fully saturated rings. The standard InChI is InChI=1S/C11H16N4O2/c1-9(2)15-7-6-14(11(15)17)8-10(16)13-5-3-4-12/h6-7,9H,3,5,8H2,1-2H3,(H,13,16). The van der Waals surface area contributed by atoms with Gasteiger partial charge in [0.15, 0.2) is 0 Å². The van der Waals surface area contributed by atoms with E-state index >= 15 is 0 Å². The minimum Gasteiger partial charge on any atom is -0.354 e. The molecule has 0 unspecified atom stereocenters. The zero-order valence-electron chi connectivity index (χ0n) is 10.0. The first-order valence-corrected chi connectivity index (χ1v) is 5.47. The van der Waals surface area contributed by atoms with Crippen molar-refractivity contribution in [2.45, 2.75) is 32.9 Å². The van der Waals surface area contributed by atoms with Gasteiger partial charge in [0.1, 0.15) is 6.54 Å². The van der Waals surface area contributed by atoms with E-state index in [1.807, 2.05) is 19.9 Å². The Morgan fingerprint density at radius 3 is 2.76 bits per heavy atom. The van der Waals surface area contributed by atoms with Gasteiger partial charge in [-0.15, -0.1) is 0 Å². The molecule has 0 bridgehead atoms. The summed E-state index contributed by atoms with van der Waals surface area (Å²) in [6, 6.07) is 2.00. The number of nitriles is 1. The van der Waals surface area contributed by atoms with E-state index in [1.54, 1.807) is 17.0 Å². The Bertz CT molecular complexity index is 478. The first-order valence-electron chi connectivity index (χ1n) is 5.47. The molecule has 1 rings (SSSR count). The van der Waals surface area contributed by atoms with Crippen LogP contribution >= 0.6 is 0 Å². The van der Waals surface area contributed by atoms with Crippen LogP contribution in [0.15, 0.2) is 17.2 Å². The van der Waals surface area contributed by atoms with E-state index in [2.05, 4.69) is 5.32 Å². The van der Waals surface area contributed by atoms with Crippen molar-refractivity contribution in [1.82, 2.24) is 14.5 Å². The van der Waals surface area contributed by atoms with Gasteiger partial charge in [0.2, 0.25) is 5.91 Å². The average Bonchev–Trinajstić information content (AvgIpc) is 2.61. The molecule has 0 saturated carbocycles. The lowest BCUT2D eigenvalue weighted by atomic mass is 10.4. The SMILES string of the molecule is CC(C)n1ccn(CC(=O)NCCC#N)c1=O. The van der Waals surface area contributed by atoms with Crippen LogP contribution in [0.5, 0.6) is 0 Å². The van der Waals surface area contributed by atoms with E-state index in [0.717, 1.165) is 0 Å². The number of nitrogens with zero attached hydrogens (tertiary/aromatic N) is 3. The van der Waals surface area contributed by atoms with Gasteiger partial charge < -0.3 is 5.32 Å². The molecule has 1 N–H and O–H groups in total. The van der Waals surface area contributed by atoms with Crippen LogP contribution in [0.4, 0.5) is 0 Å². The average molecular weight is 236 g/mol. The summed E-state index contributed by atoms with van der Waals surface area (Å²) >= 11 is 0. The van der Waals surface area contributed by atoms with Crippen LogP contribution in [0.25, 0.3) is 0 Å². The summed E-state index contributed by atoms with van der Waals surface area (Å²) in [5.74, 6) is -0.260. The van der Waals surface area contributed by atoms with Gasteiger partial charge >= 0.3 is 5.69 Å². The molecule has 1 aromatic rings. The second-order valence-electron chi connectivity index (χ2n) is 3.97. The minimum atomic E-state index is -0.260. The number of nitrogens with one attached hydrogen (secondary N) is 1. The number of hydrogen-bond acceptors (Lipinski definition) is 3. The van der Waals surface area contributed by atoms with E-state index < -0.39 is 0 Å². The molecule has 0 aliphatic heterocycles. The smallest absolute Gasteiger partial charge is 0.328 e. The normalized spacial score (nSPS) is 10.2. The maximum atomic E-state index is 11.8. The molecule has 1 amide bonds. The van der Waals surface area contributed by atoms with Crippen molar-refractivity contribution >= 4 is 5.91 Å². The molecule has 0 aliphatic carbocycles. The zero-order chi connectivity index (χ0) is 12.8. The molecule has 0 saturated heterocycles. The largest absolute Gasteiger partial charge is 0.354 e. The molecule has 6 heteroatoms. The lowest BCUT2D eigenvalue weighted by Gasteiger charge is -2.05. The van der Waals surface area contributed by atoms with Crippen LogP contribution in [0.1, 0.15) is 26.3 Å². The highest BCUT2D eigenvalue weighted by molar-refractivity contribution is 5.75. The monoisotopic (exact) mass is 236 g/mol. The highest BCUT2D eigenvalue weighted by Crippen LogP contribution is 1.98. The van der Waals surface area contributed by atoms with Gasteiger partial charge in [0.05, 0.1) is 12.5 Å². The molecule has 92 valence electrons. The molecular weight excluding hydrogens is 220 g/mol. The number of aromatic nitrogens is 2.